The largest absolute Gasteiger partial charge is 0.0654 e. The van der Waals surface area contributed by atoms with Gasteiger partial charge in [-0.15, -0.1) is 0 Å². The standard InChI is InChI=1S/C18H37/c1-4-7-8-9-10-11-12-13-14-15-17-18(6-3)16-5-2/h17-18H,4-16H2,1-3H3. The molecule has 0 amide bonds. The monoisotopic (exact) mass is 253 g/mol. The molecule has 0 aliphatic heterocycles. The first-order valence-electron chi connectivity index (χ1n) is 8.68. The predicted molar refractivity (Wildman–Crippen MR) is 84.8 cm³/mol. The van der Waals surface area contributed by atoms with Gasteiger partial charge < -0.3 is 0 Å². The topological polar surface area (TPSA) is 0 Å². The minimum Gasteiger partial charge on any atom is -0.0654 e. The van der Waals surface area contributed by atoms with E-state index in [0.717, 1.165) is 5.92 Å². The number of hydrogen-bond acceptors (Lipinski definition) is 0. The molecule has 109 valence electrons. The first-order chi connectivity index (χ1) is 8.85. The summed E-state index contributed by atoms with van der Waals surface area (Å²) in [6.07, 6.45) is 21.0. The fourth-order valence-electron chi connectivity index (χ4n) is 2.67. The molecule has 0 aliphatic carbocycles. The van der Waals surface area contributed by atoms with Gasteiger partial charge in [-0.2, -0.15) is 0 Å². The van der Waals surface area contributed by atoms with Crippen LogP contribution in [0.25, 0.3) is 0 Å². The fraction of sp³-hybridized carbons (Fsp3) is 0.944. The second-order valence-electron chi connectivity index (χ2n) is 5.81. The van der Waals surface area contributed by atoms with E-state index in [9.17, 15) is 0 Å². The third-order valence-electron chi connectivity index (χ3n) is 3.99. The Morgan fingerprint density at radius 2 is 1.22 bits per heavy atom. The minimum absolute atomic E-state index is 0.893. The van der Waals surface area contributed by atoms with Crippen LogP contribution in [-0.2, 0) is 0 Å². The molecule has 1 unspecified atom stereocenters. The minimum atomic E-state index is 0.893. The van der Waals surface area contributed by atoms with Crippen molar-refractivity contribution in [2.45, 2.75) is 104 Å². The molecule has 0 heteroatoms. The molecular formula is C18H37. The molecule has 0 nitrogen and oxygen atoms in total. The molecule has 0 aromatic carbocycles. The van der Waals surface area contributed by atoms with Crippen LogP contribution in [0, 0.1) is 12.3 Å². The van der Waals surface area contributed by atoms with Gasteiger partial charge in [0.1, 0.15) is 0 Å². The summed E-state index contributed by atoms with van der Waals surface area (Å²) < 4.78 is 0. The normalized spacial score (nSPS) is 12.8. The highest BCUT2D eigenvalue weighted by atomic mass is 14.1. The molecule has 1 atom stereocenters. The van der Waals surface area contributed by atoms with Gasteiger partial charge in [-0.1, -0.05) is 97.8 Å². The van der Waals surface area contributed by atoms with Crippen molar-refractivity contribution >= 4 is 0 Å². The highest BCUT2D eigenvalue weighted by Gasteiger charge is 2.04. The van der Waals surface area contributed by atoms with Crippen LogP contribution in [0.15, 0.2) is 0 Å². The van der Waals surface area contributed by atoms with Crippen LogP contribution < -0.4 is 0 Å². The maximum absolute atomic E-state index is 2.59. The second-order valence-corrected chi connectivity index (χ2v) is 5.81. The van der Waals surface area contributed by atoms with E-state index < -0.39 is 0 Å². The van der Waals surface area contributed by atoms with Crippen molar-refractivity contribution in [3.63, 3.8) is 0 Å². The Labute approximate surface area is 117 Å². The number of hydrogen-bond donors (Lipinski definition) is 0. The highest BCUT2D eigenvalue weighted by Crippen LogP contribution is 2.18. The van der Waals surface area contributed by atoms with Gasteiger partial charge in [-0.25, -0.2) is 0 Å². The maximum Gasteiger partial charge on any atom is -0.0355 e. The molecule has 0 heterocycles. The molecule has 0 aromatic heterocycles. The highest BCUT2D eigenvalue weighted by molar-refractivity contribution is 4.74. The maximum atomic E-state index is 2.59. The predicted octanol–water partition coefficient (Wildman–Crippen LogP) is 6.94. The van der Waals surface area contributed by atoms with Crippen molar-refractivity contribution in [1.29, 1.82) is 0 Å². The van der Waals surface area contributed by atoms with Crippen LogP contribution in [0.4, 0.5) is 0 Å². The summed E-state index contributed by atoms with van der Waals surface area (Å²) >= 11 is 0. The summed E-state index contributed by atoms with van der Waals surface area (Å²) in [6.45, 7) is 6.92. The van der Waals surface area contributed by atoms with Gasteiger partial charge in [0.25, 0.3) is 0 Å². The average molecular weight is 253 g/mol. The molecule has 0 aromatic rings. The Hall–Kier alpha value is 0. The van der Waals surface area contributed by atoms with E-state index in [-0.39, 0.29) is 0 Å². The summed E-state index contributed by atoms with van der Waals surface area (Å²) in [5.41, 5.74) is 0. The summed E-state index contributed by atoms with van der Waals surface area (Å²) in [6, 6.07) is 0. The summed E-state index contributed by atoms with van der Waals surface area (Å²) in [7, 11) is 0. The summed E-state index contributed by atoms with van der Waals surface area (Å²) in [4.78, 5) is 0. The van der Waals surface area contributed by atoms with E-state index in [1.54, 1.807) is 0 Å². The van der Waals surface area contributed by atoms with Crippen LogP contribution >= 0.6 is 0 Å². The van der Waals surface area contributed by atoms with Crippen molar-refractivity contribution in [3.05, 3.63) is 6.42 Å². The van der Waals surface area contributed by atoms with E-state index in [2.05, 4.69) is 27.2 Å². The van der Waals surface area contributed by atoms with Gasteiger partial charge in [0, 0.05) is 0 Å². The third-order valence-corrected chi connectivity index (χ3v) is 3.99. The average Bonchev–Trinajstić information content (AvgIpc) is 2.39. The van der Waals surface area contributed by atoms with E-state index in [1.807, 2.05) is 0 Å². The van der Waals surface area contributed by atoms with Crippen molar-refractivity contribution in [3.8, 4) is 0 Å². The quantitative estimate of drug-likeness (QED) is 0.294. The van der Waals surface area contributed by atoms with E-state index in [0.29, 0.717) is 0 Å². The molecular weight excluding hydrogens is 216 g/mol. The SMILES string of the molecule is CCCCCCCCCCC[CH]C(CC)CCC. The van der Waals surface area contributed by atoms with E-state index in [4.69, 9.17) is 0 Å². The Morgan fingerprint density at radius 3 is 1.72 bits per heavy atom. The molecule has 0 aliphatic rings. The molecule has 0 fully saturated rings. The van der Waals surface area contributed by atoms with Gasteiger partial charge in [0.15, 0.2) is 0 Å². The summed E-state index contributed by atoms with van der Waals surface area (Å²) in [5, 5.41) is 0. The Kier molecular flexibility index (Phi) is 15.1. The summed E-state index contributed by atoms with van der Waals surface area (Å²) in [5.74, 6) is 0.893. The van der Waals surface area contributed by atoms with Gasteiger partial charge in [0.05, 0.1) is 0 Å². The molecule has 0 rings (SSSR count). The lowest BCUT2D eigenvalue weighted by atomic mass is 9.94. The van der Waals surface area contributed by atoms with Crippen LogP contribution in [0.5, 0.6) is 0 Å². The molecule has 0 N–H and O–H groups in total. The van der Waals surface area contributed by atoms with Crippen molar-refractivity contribution in [1.82, 2.24) is 0 Å². The zero-order valence-electron chi connectivity index (χ0n) is 13.3. The van der Waals surface area contributed by atoms with Crippen LogP contribution in [-0.4, -0.2) is 0 Å². The van der Waals surface area contributed by atoms with Crippen molar-refractivity contribution < 1.29 is 0 Å². The zero-order valence-corrected chi connectivity index (χ0v) is 13.3. The zero-order chi connectivity index (χ0) is 13.5. The molecule has 0 saturated carbocycles. The van der Waals surface area contributed by atoms with Gasteiger partial charge in [0.2, 0.25) is 0 Å². The lowest BCUT2D eigenvalue weighted by molar-refractivity contribution is 0.494. The van der Waals surface area contributed by atoms with Crippen molar-refractivity contribution in [2.75, 3.05) is 0 Å². The van der Waals surface area contributed by atoms with Crippen LogP contribution in [0.2, 0.25) is 0 Å². The number of unbranched alkanes of at least 4 members (excludes halogenated alkanes) is 9. The van der Waals surface area contributed by atoms with E-state index in [1.165, 1.54) is 83.5 Å². The first-order valence-corrected chi connectivity index (χ1v) is 8.68. The molecule has 1 radical (unpaired) electrons. The number of rotatable bonds is 14. The van der Waals surface area contributed by atoms with Crippen molar-refractivity contribution in [2.24, 2.45) is 5.92 Å². The Bertz CT molecular complexity index is 139. The van der Waals surface area contributed by atoms with Crippen LogP contribution in [0.3, 0.4) is 0 Å². The van der Waals surface area contributed by atoms with Gasteiger partial charge in [-0.3, -0.25) is 0 Å². The smallest absolute Gasteiger partial charge is 0.0355 e. The lowest BCUT2D eigenvalue weighted by Gasteiger charge is -2.12. The molecule has 0 saturated heterocycles. The van der Waals surface area contributed by atoms with Crippen LogP contribution in [0.1, 0.15) is 104 Å². The lowest BCUT2D eigenvalue weighted by Crippen LogP contribution is -1.99. The molecule has 18 heavy (non-hydrogen) atoms. The fourth-order valence-corrected chi connectivity index (χ4v) is 2.67. The molecule has 0 bridgehead atoms. The molecule has 0 spiro atoms. The first kappa shape index (κ1) is 18.0. The third kappa shape index (κ3) is 12.5. The Balaban J connectivity index is 3.10. The van der Waals surface area contributed by atoms with Gasteiger partial charge in [-0.05, 0) is 18.8 Å². The second kappa shape index (κ2) is 15.1. The Morgan fingerprint density at radius 1 is 0.667 bits per heavy atom. The van der Waals surface area contributed by atoms with E-state index >= 15 is 0 Å². The van der Waals surface area contributed by atoms with Gasteiger partial charge >= 0.3 is 0 Å².